The van der Waals surface area contributed by atoms with Crippen molar-refractivity contribution in [2.75, 3.05) is 13.2 Å². The van der Waals surface area contributed by atoms with Gasteiger partial charge in [-0.15, -0.1) is 0 Å². The number of hydrogen-bond acceptors (Lipinski definition) is 4. The molecule has 0 saturated carbocycles. The third kappa shape index (κ3) is 6.63. The second-order valence-corrected chi connectivity index (χ2v) is 8.31. The second-order valence-electron chi connectivity index (χ2n) is 8.31. The minimum absolute atomic E-state index is 0.0957. The first-order valence-corrected chi connectivity index (χ1v) is 12.1. The van der Waals surface area contributed by atoms with Crippen LogP contribution >= 0.6 is 0 Å². The Bertz CT molecular complexity index is 1330. The molecule has 0 unspecified atom stereocenters. The summed E-state index contributed by atoms with van der Waals surface area (Å²) in [5.41, 5.74) is 3.83. The molecule has 0 aliphatic carbocycles. The van der Waals surface area contributed by atoms with Crippen LogP contribution in [-0.4, -0.2) is 29.6 Å². The summed E-state index contributed by atoms with van der Waals surface area (Å²) in [7, 11) is 0. The first kappa shape index (κ1) is 24.8. The smallest absolute Gasteiger partial charge is 0.330 e. The topological polar surface area (TPSA) is 69.6 Å². The van der Waals surface area contributed by atoms with E-state index in [2.05, 4.69) is 5.32 Å². The lowest BCUT2D eigenvalue weighted by Gasteiger charge is -2.12. The van der Waals surface area contributed by atoms with E-state index in [9.17, 15) is 9.59 Å². The van der Waals surface area contributed by atoms with Gasteiger partial charge in [0.25, 0.3) is 0 Å². The minimum atomic E-state index is -0.409. The Kier molecular flexibility index (Phi) is 8.54. The number of rotatable bonds is 11. The molecule has 184 valence electrons. The van der Waals surface area contributed by atoms with Gasteiger partial charge in [-0.25, -0.2) is 4.79 Å². The number of carbonyl (C=O) groups excluding carboxylic acids is 2. The molecule has 0 fully saturated rings. The number of nitrogens with zero attached hydrogens (tertiary/aromatic N) is 1. The van der Waals surface area contributed by atoms with Crippen LogP contribution in [0.4, 0.5) is 0 Å². The second kappa shape index (κ2) is 12.4. The number of nitrogens with one attached hydrogen (secondary N) is 1. The van der Waals surface area contributed by atoms with E-state index in [0.29, 0.717) is 25.5 Å². The highest BCUT2D eigenvalue weighted by molar-refractivity contribution is 5.97. The SMILES string of the molecule is CCOC(=O)C=Cc1cn(CC(=O)NCCc2ccccc2)c2c(OCc3ccccc3)cccc12. The van der Waals surface area contributed by atoms with Crippen molar-refractivity contribution in [2.45, 2.75) is 26.5 Å². The van der Waals surface area contributed by atoms with E-state index in [4.69, 9.17) is 9.47 Å². The monoisotopic (exact) mass is 482 g/mol. The molecule has 0 bridgehead atoms. The zero-order valence-corrected chi connectivity index (χ0v) is 20.4. The van der Waals surface area contributed by atoms with Gasteiger partial charge in [0.1, 0.15) is 18.9 Å². The molecule has 6 heteroatoms. The fourth-order valence-corrected chi connectivity index (χ4v) is 4.01. The van der Waals surface area contributed by atoms with E-state index in [1.807, 2.05) is 89.6 Å². The molecule has 36 heavy (non-hydrogen) atoms. The molecule has 0 aliphatic rings. The van der Waals surface area contributed by atoms with Gasteiger partial charge in [0.2, 0.25) is 5.91 Å². The largest absolute Gasteiger partial charge is 0.487 e. The molecule has 4 rings (SSSR count). The van der Waals surface area contributed by atoms with Gasteiger partial charge in [0, 0.05) is 29.8 Å². The van der Waals surface area contributed by atoms with Crippen molar-refractivity contribution in [3.05, 3.63) is 108 Å². The van der Waals surface area contributed by atoms with Crippen molar-refractivity contribution in [1.82, 2.24) is 9.88 Å². The predicted molar refractivity (Wildman–Crippen MR) is 142 cm³/mol. The molecular weight excluding hydrogens is 452 g/mol. The van der Waals surface area contributed by atoms with Gasteiger partial charge in [-0.2, -0.15) is 0 Å². The van der Waals surface area contributed by atoms with Crippen LogP contribution in [-0.2, 0) is 33.9 Å². The van der Waals surface area contributed by atoms with Crippen molar-refractivity contribution in [2.24, 2.45) is 0 Å². The molecule has 1 amide bonds. The predicted octanol–water partition coefficient (Wildman–Crippen LogP) is 5.16. The number of para-hydroxylation sites is 1. The number of hydrogen-bond donors (Lipinski definition) is 1. The fourth-order valence-electron chi connectivity index (χ4n) is 4.01. The minimum Gasteiger partial charge on any atom is -0.487 e. The molecule has 4 aromatic rings. The average Bonchev–Trinajstić information content (AvgIpc) is 3.25. The molecule has 1 N–H and O–H groups in total. The number of amides is 1. The number of carbonyl (C=O) groups is 2. The highest BCUT2D eigenvalue weighted by Crippen LogP contribution is 2.31. The van der Waals surface area contributed by atoms with Crippen LogP contribution < -0.4 is 10.1 Å². The van der Waals surface area contributed by atoms with Crippen molar-refractivity contribution in [3.63, 3.8) is 0 Å². The number of fused-ring (bicyclic) bond motifs is 1. The Morgan fingerprint density at radius 3 is 2.36 bits per heavy atom. The van der Waals surface area contributed by atoms with Gasteiger partial charge in [0.05, 0.1) is 12.1 Å². The maximum absolute atomic E-state index is 12.8. The zero-order valence-electron chi connectivity index (χ0n) is 20.4. The third-order valence-corrected chi connectivity index (χ3v) is 5.71. The Morgan fingerprint density at radius 1 is 0.917 bits per heavy atom. The van der Waals surface area contributed by atoms with Gasteiger partial charge in [-0.3, -0.25) is 4.79 Å². The summed E-state index contributed by atoms with van der Waals surface area (Å²) >= 11 is 0. The van der Waals surface area contributed by atoms with Gasteiger partial charge < -0.3 is 19.4 Å². The number of aromatic nitrogens is 1. The number of benzene rings is 3. The first-order chi connectivity index (χ1) is 17.6. The lowest BCUT2D eigenvalue weighted by Crippen LogP contribution is -2.29. The van der Waals surface area contributed by atoms with Crippen LogP contribution in [0.25, 0.3) is 17.0 Å². The Morgan fingerprint density at radius 2 is 1.64 bits per heavy atom. The van der Waals surface area contributed by atoms with E-state index in [1.54, 1.807) is 13.0 Å². The zero-order chi connectivity index (χ0) is 25.2. The molecule has 0 spiro atoms. The van der Waals surface area contributed by atoms with Crippen LogP contribution in [0.3, 0.4) is 0 Å². The molecule has 1 heterocycles. The van der Waals surface area contributed by atoms with Crippen LogP contribution in [0, 0.1) is 0 Å². The third-order valence-electron chi connectivity index (χ3n) is 5.71. The van der Waals surface area contributed by atoms with Crippen LogP contribution in [0.2, 0.25) is 0 Å². The van der Waals surface area contributed by atoms with E-state index >= 15 is 0 Å². The highest BCUT2D eigenvalue weighted by atomic mass is 16.5. The van der Waals surface area contributed by atoms with E-state index in [1.165, 1.54) is 11.6 Å². The Hall–Kier alpha value is -4.32. The van der Waals surface area contributed by atoms with Gasteiger partial charge in [0.15, 0.2) is 0 Å². The molecule has 0 radical (unpaired) electrons. The van der Waals surface area contributed by atoms with Crippen LogP contribution in [0.5, 0.6) is 5.75 Å². The average molecular weight is 483 g/mol. The van der Waals surface area contributed by atoms with Crippen molar-refractivity contribution >= 4 is 28.9 Å². The summed E-state index contributed by atoms with van der Waals surface area (Å²) in [6, 6.07) is 25.7. The summed E-state index contributed by atoms with van der Waals surface area (Å²) in [5, 5.41) is 3.89. The van der Waals surface area contributed by atoms with E-state index < -0.39 is 5.97 Å². The van der Waals surface area contributed by atoms with Crippen molar-refractivity contribution in [3.8, 4) is 5.75 Å². The quantitative estimate of drug-likeness (QED) is 0.237. The van der Waals surface area contributed by atoms with Gasteiger partial charge in [-0.05, 0) is 36.6 Å². The first-order valence-electron chi connectivity index (χ1n) is 12.1. The summed E-state index contributed by atoms with van der Waals surface area (Å²) in [4.78, 5) is 24.7. The molecular formula is C30H30N2O4. The number of esters is 1. The molecule has 1 aromatic heterocycles. The molecule has 0 aliphatic heterocycles. The van der Waals surface area contributed by atoms with Gasteiger partial charge in [-0.1, -0.05) is 72.8 Å². The lowest BCUT2D eigenvalue weighted by molar-refractivity contribution is -0.137. The van der Waals surface area contributed by atoms with Crippen LogP contribution in [0.15, 0.2) is 91.1 Å². The number of ether oxygens (including phenoxy) is 2. The maximum atomic E-state index is 12.8. The molecule has 0 atom stereocenters. The van der Waals surface area contributed by atoms with Crippen molar-refractivity contribution < 1.29 is 19.1 Å². The summed E-state index contributed by atoms with van der Waals surface area (Å²) in [6.45, 7) is 3.16. The standard InChI is InChI=1S/C30H30N2O4/c1-2-35-29(34)17-16-25-20-32(21-28(33)31-19-18-23-10-5-3-6-11-23)30-26(25)14-9-15-27(30)36-22-24-12-7-4-8-13-24/h3-17,20H,2,18-19,21-22H2,1H3,(H,31,33). The summed E-state index contributed by atoms with van der Waals surface area (Å²) in [5.74, 6) is 0.166. The molecule has 3 aromatic carbocycles. The van der Waals surface area contributed by atoms with Crippen LogP contribution in [0.1, 0.15) is 23.6 Å². The lowest BCUT2D eigenvalue weighted by atomic mass is 10.1. The molecule has 6 nitrogen and oxygen atoms in total. The summed E-state index contributed by atoms with van der Waals surface area (Å²) in [6.07, 6.45) is 5.75. The normalized spacial score (nSPS) is 11.0. The van der Waals surface area contributed by atoms with E-state index in [-0.39, 0.29) is 12.5 Å². The Labute approximate surface area is 211 Å². The fraction of sp³-hybridized carbons (Fsp3) is 0.200. The van der Waals surface area contributed by atoms with Gasteiger partial charge >= 0.3 is 5.97 Å². The Balaban J connectivity index is 1.56. The summed E-state index contributed by atoms with van der Waals surface area (Å²) < 4.78 is 13.1. The van der Waals surface area contributed by atoms with Crippen molar-refractivity contribution in [1.29, 1.82) is 0 Å². The van der Waals surface area contributed by atoms with E-state index in [0.717, 1.165) is 28.5 Å². The highest BCUT2D eigenvalue weighted by Gasteiger charge is 2.15. The maximum Gasteiger partial charge on any atom is 0.330 e. The molecule has 0 saturated heterocycles.